The third-order valence-corrected chi connectivity index (χ3v) is 4.05. The van der Waals surface area contributed by atoms with Crippen LogP contribution in [0.2, 0.25) is 0 Å². The Morgan fingerprint density at radius 1 is 1.17 bits per heavy atom. The Morgan fingerprint density at radius 3 is 2.61 bits per heavy atom. The molecule has 3 rings (SSSR count). The monoisotopic (exact) mass is 334 g/mol. The van der Waals surface area contributed by atoms with Gasteiger partial charge in [0.2, 0.25) is 0 Å². The van der Waals surface area contributed by atoms with Crippen molar-refractivity contribution in [2.24, 2.45) is 7.05 Å². The lowest BCUT2D eigenvalue weighted by Crippen LogP contribution is -2.20. The number of rotatable bonds is 2. The van der Waals surface area contributed by atoms with E-state index in [4.69, 9.17) is 5.73 Å². The van der Waals surface area contributed by atoms with Crippen LogP contribution in [0, 0.1) is 11.6 Å². The van der Waals surface area contributed by atoms with Crippen LogP contribution in [0.15, 0.2) is 34.3 Å². The van der Waals surface area contributed by atoms with Crippen LogP contribution in [0.5, 0.6) is 0 Å². The number of hydrogen-bond donors (Lipinski definition) is 1. The molecule has 23 heavy (non-hydrogen) atoms. The zero-order valence-corrected chi connectivity index (χ0v) is 13.1. The van der Waals surface area contributed by atoms with E-state index in [9.17, 15) is 13.6 Å². The van der Waals surface area contributed by atoms with Crippen LogP contribution in [-0.4, -0.2) is 20.8 Å². The van der Waals surface area contributed by atoms with E-state index in [1.165, 1.54) is 29.4 Å². The van der Waals surface area contributed by atoms with Gasteiger partial charge < -0.3 is 5.73 Å². The standard InChI is InChI=1S/C15H12F2N4OS/c1-21-13-7(6-19-15(20-13)23-2)3-9(14(21)22)8-4-12(18)11(17)5-10(8)16/h3-6H,18H2,1-2H3. The average Bonchev–Trinajstić information content (AvgIpc) is 2.54. The Bertz CT molecular complexity index is 987. The highest BCUT2D eigenvalue weighted by atomic mass is 32.2. The minimum atomic E-state index is -0.864. The first kappa shape index (κ1) is 15.4. The van der Waals surface area contributed by atoms with Gasteiger partial charge in [-0.05, 0) is 18.4 Å². The van der Waals surface area contributed by atoms with Gasteiger partial charge in [0, 0.05) is 30.3 Å². The Hall–Kier alpha value is -2.48. The highest BCUT2D eigenvalue weighted by Gasteiger charge is 2.16. The minimum Gasteiger partial charge on any atom is -0.396 e. The van der Waals surface area contributed by atoms with E-state index in [1.807, 2.05) is 6.26 Å². The first-order chi connectivity index (χ1) is 10.9. The predicted octanol–water partition coefficient (Wildman–Crippen LogP) is 2.58. The number of aromatic nitrogens is 3. The lowest BCUT2D eigenvalue weighted by atomic mass is 10.0. The van der Waals surface area contributed by atoms with E-state index in [0.717, 1.165) is 6.07 Å². The molecule has 0 aliphatic rings. The molecule has 0 atom stereocenters. The van der Waals surface area contributed by atoms with Gasteiger partial charge >= 0.3 is 0 Å². The molecule has 0 amide bonds. The van der Waals surface area contributed by atoms with E-state index >= 15 is 0 Å². The van der Waals surface area contributed by atoms with Gasteiger partial charge in [0.05, 0.1) is 11.3 Å². The van der Waals surface area contributed by atoms with E-state index in [-0.39, 0.29) is 16.8 Å². The maximum atomic E-state index is 14.1. The zero-order valence-electron chi connectivity index (χ0n) is 12.3. The summed E-state index contributed by atoms with van der Waals surface area (Å²) in [5.41, 5.74) is 5.27. The molecule has 0 fully saturated rings. The van der Waals surface area contributed by atoms with Crippen molar-refractivity contribution < 1.29 is 8.78 Å². The molecule has 0 spiro atoms. The fourth-order valence-electron chi connectivity index (χ4n) is 2.29. The lowest BCUT2D eigenvalue weighted by molar-refractivity contribution is 0.588. The maximum absolute atomic E-state index is 14.1. The molecule has 2 aromatic heterocycles. The summed E-state index contributed by atoms with van der Waals surface area (Å²) in [6.07, 6.45) is 3.38. The molecule has 0 saturated carbocycles. The van der Waals surface area contributed by atoms with Crippen LogP contribution in [0.4, 0.5) is 14.5 Å². The quantitative estimate of drug-likeness (QED) is 0.443. The van der Waals surface area contributed by atoms with Crippen molar-refractivity contribution >= 4 is 28.5 Å². The molecule has 0 unspecified atom stereocenters. The third kappa shape index (κ3) is 2.55. The lowest BCUT2D eigenvalue weighted by Gasteiger charge is -2.10. The summed E-state index contributed by atoms with van der Waals surface area (Å²) < 4.78 is 28.7. The molecule has 3 aromatic rings. The molecule has 5 nitrogen and oxygen atoms in total. The number of hydrogen-bond acceptors (Lipinski definition) is 5. The molecular weight excluding hydrogens is 322 g/mol. The molecule has 8 heteroatoms. The summed E-state index contributed by atoms with van der Waals surface area (Å²) in [6.45, 7) is 0. The van der Waals surface area contributed by atoms with Crippen LogP contribution in [0.3, 0.4) is 0 Å². The maximum Gasteiger partial charge on any atom is 0.259 e. The van der Waals surface area contributed by atoms with Crippen molar-refractivity contribution in [3.05, 3.63) is 46.4 Å². The Labute approximate surface area is 134 Å². The number of pyridine rings is 1. The van der Waals surface area contributed by atoms with Crippen LogP contribution >= 0.6 is 11.8 Å². The topological polar surface area (TPSA) is 73.8 Å². The van der Waals surface area contributed by atoms with Crippen molar-refractivity contribution in [3.8, 4) is 11.1 Å². The second-order valence-electron chi connectivity index (χ2n) is 4.91. The second kappa shape index (κ2) is 5.62. The Balaban J connectivity index is 2.34. The number of nitrogens with two attached hydrogens (primary N) is 1. The Morgan fingerprint density at radius 2 is 1.91 bits per heavy atom. The van der Waals surface area contributed by atoms with Crippen molar-refractivity contribution in [2.75, 3.05) is 12.0 Å². The van der Waals surface area contributed by atoms with Crippen molar-refractivity contribution in [1.82, 2.24) is 14.5 Å². The summed E-state index contributed by atoms with van der Waals surface area (Å²) in [5.74, 6) is -1.72. The molecule has 1 aromatic carbocycles. The van der Waals surface area contributed by atoms with E-state index in [0.29, 0.717) is 22.3 Å². The van der Waals surface area contributed by atoms with E-state index in [2.05, 4.69) is 9.97 Å². The highest BCUT2D eigenvalue weighted by Crippen LogP contribution is 2.26. The van der Waals surface area contributed by atoms with E-state index in [1.54, 1.807) is 6.20 Å². The zero-order chi connectivity index (χ0) is 16.7. The normalized spacial score (nSPS) is 11.1. The summed E-state index contributed by atoms with van der Waals surface area (Å²) in [5, 5.41) is 1.10. The number of aryl methyl sites for hydroxylation is 1. The summed E-state index contributed by atoms with van der Waals surface area (Å²) in [6, 6.07) is 3.27. The first-order valence-electron chi connectivity index (χ1n) is 6.58. The van der Waals surface area contributed by atoms with Gasteiger partial charge in [0.25, 0.3) is 5.56 Å². The van der Waals surface area contributed by atoms with Crippen molar-refractivity contribution in [1.29, 1.82) is 0 Å². The van der Waals surface area contributed by atoms with E-state index < -0.39 is 17.2 Å². The van der Waals surface area contributed by atoms with Crippen LogP contribution in [0.25, 0.3) is 22.2 Å². The summed E-state index contributed by atoms with van der Waals surface area (Å²) in [4.78, 5) is 20.9. The largest absolute Gasteiger partial charge is 0.396 e. The van der Waals surface area contributed by atoms with Crippen LogP contribution < -0.4 is 11.3 Å². The fraction of sp³-hybridized carbons (Fsp3) is 0.133. The van der Waals surface area contributed by atoms with Crippen LogP contribution in [-0.2, 0) is 7.05 Å². The number of benzene rings is 1. The number of thioether (sulfide) groups is 1. The van der Waals surface area contributed by atoms with Gasteiger partial charge in [0.1, 0.15) is 17.3 Å². The molecular formula is C15H12F2N4OS. The number of nitrogen functional groups attached to an aromatic ring is 1. The van der Waals surface area contributed by atoms with Gasteiger partial charge in [-0.3, -0.25) is 9.36 Å². The molecule has 0 radical (unpaired) electrons. The van der Waals surface area contributed by atoms with Crippen LogP contribution in [0.1, 0.15) is 0 Å². The summed E-state index contributed by atoms with van der Waals surface area (Å²) >= 11 is 1.35. The average molecular weight is 334 g/mol. The molecule has 0 saturated heterocycles. The van der Waals surface area contributed by atoms with Crippen molar-refractivity contribution in [2.45, 2.75) is 5.16 Å². The predicted molar refractivity (Wildman–Crippen MR) is 86.3 cm³/mol. The van der Waals surface area contributed by atoms with Gasteiger partial charge in [-0.25, -0.2) is 18.7 Å². The van der Waals surface area contributed by atoms with Gasteiger partial charge in [-0.2, -0.15) is 0 Å². The minimum absolute atomic E-state index is 0.0552. The number of anilines is 1. The molecule has 0 aliphatic heterocycles. The molecule has 118 valence electrons. The second-order valence-corrected chi connectivity index (χ2v) is 5.68. The molecule has 0 aliphatic carbocycles. The smallest absolute Gasteiger partial charge is 0.259 e. The van der Waals surface area contributed by atoms with Gasteiger partial charge in [-0.15, -0.1) is 0 Å². The van der Waals surface area contributed by atoms with Gasteiger partial charge in [0.15, 0.2) is 5.16 Å². The highest BCUT2D eigenvalue weighted by molar-refractivity contribution is 7.98. The number of nitrogens with zero attached hydrogens (tertiary/aromatic N) is 3. The van der Waals surface area contributed by atoms with Crippen molar-refractivity contribution in [3.63, 3.8) is 0 Å². The molecule has 0 bridgehead atoms. The Kier molecular flexibility index (Phi) is 3.77. The number of halogens is 2. The number of fused-ring (bicyclic) bond motifs is 1. The SMILES string of the molecule is CSc1ncc2cc(-c3cc(N)c(F)cc3F)c(=O)n(C)c2n1. The van der Waals surface area contributed by atoms with Gasteiger partial charge in [-0.1, -0.05) is 11.8 Å². The first-order valence-corrected chi connectivity index (χ1v) is 7.80. The fourth-order valence-corrected chi connectivity index (χ4v) is 2.63. The third-order valence-electron chi connectivity index (χ3n) is 3.49. The molecule has 2 heterocycles. The molecule has 2 N–H and O–H groups in total. The summed E-state index contributed by atoms with van der Waals surface area (Å²) in [7, 11) is 1.54.